The Morgan fingerprint density at radius 2 is 2.08 bits per heavy atom. The molecule has 7 nitrogen and oxygen atoms in total. The van der Waals surface area contributed by atoms with E-state index in [1.807, 2.05) is 0 Å². The highest BCUT2D eigenvalue weighted by molar-refractivity contribution is 8.14. The summed E-state index contributed by atoms with van der Waals surface area (Å²) in [5.74, 6) is -0.185. The van der Waals surface area contributed by atoms with Crippen molar-refractivity contribution in [3.8, 4) is 0 Å². The molecule has 9 heteroatoms. The number of thioether (sulfide) groups is 1. The van der Waals surface area contributed by atoms with Gasteiger partial charge in [-0.2, -0.15) is 0 Å². The minimum atomic E-state index is -0.239. The van der Waals surface area contributed by atoms with Crippen LogP contribution in [0.15, 0.2) is 24.3 Å². The highest BCUT2D eigenvalue weighted by atomic mass is 35.5. The lowest BCUT2D eigenvalue weighted by molar-refractivity contribution is -0.125. The number of rotatable bonds is 9. The van der Waals surface area contributed by atoms with Crippen molar-refractivity contribution in [2.45, 2.75) is 6.54 Å². The molecule has 1 aromatic rings. The second-order valence-corrected chi connectivity index (χ2v) is 6.16. The first-order chi connectivity index (χ1) is 11.6. The van der Waals surface area contributed by atoms with E-state index in [-0.39, 0.29) is 41.8 Å². The Hall–Kier alpha value is -1.61. The number of carbonyl (C=O) groups is 3. The minimum absolute atomic E-state index is 0. The summed E-state index contributed by atoms with van der Waals surface area (Å²) in [6, 6.07) is 6.96. The molecule has 1 heterocycles. The van der Waals surface area contributed by atoms with Crippen molar-refractivity contribution in [2.75, 3.05) is 39.1 Å². The van der Waals surface area contributed by atoms with E-state index in [0.717, 1.165) is 23.9 Å². The topological polar surface area (TPSA) is 87.7 Å². The van der Waals surface area contributed by atoms with Crippen molar-refractivity contribution in [1.29, 1.82) is 0 Å². The molecule has 0 aliphatic carbocycles. The van der Waals surface area contributed by atoms with Crippen molar-refractivity contribution >= 4 is 41.2 Å². The van der Waals surface area contributed by atoms with E-state index in [1.54, 1.807) is 31.4 Å². The third kappa shape index (κ3) is 6.66. The number of methoxy groups -OCH3 is 1. The Balaban J connectivity index is 0.00000312. The minimum Gasteiger partial charge on any atom is -0.383 e. The van der Waals surface area contributed by atoms with Gasteiger partial charge in [0.1, 0.15) is 0 Å². The van der Waals surface area contributed by atoms with Crippen LogP contribution >= 0.6 is 24.2 Å². The van der Waals surface area contributed by atoms with Gasteiger partial charge in [-0.1, -0.05) is 23.9 Å². The molecule has 0 spiro atoms. The Labute approximate surface area is 157 Å². The van der Waals surface area contributed by atoms with Crippen LogP contribution in [-0.4, -0.2) is 61.1 Å². The number of benzene rings is 1. The van der Waals surface area contributed by atoms with Gasteiger partial charge < -0.3 is 15.4 Å². The van der Waals surface area contributed by atoms with Crippen LogP contribution < -0.4 is 10.6 Å². The van der Waals surface area contributed by atoms with Gasteiger partial charge in [-0.3, -0.25) is 19.3 Å². The Bertz CT molecular complexity index is 599. The molecule has 2 N–H and O–H groups in total. The molecule has 1 aliphatic heterocycles. The molecule has 25 heavy (non-hydrogen) atoms. The standard InChI is InChI=1S/C16H21N3O4S.ClH/c1-23-8-7-17-5-6-18-15(21)13-4-2-3-12(9-13)10-19-14(20)11-24-16(19)22;/h2-4,9,17H,5-8,10-11H2,1H3,(H,18,21);1H. The number of carbonyl (C=O) groups excluding carboxylic acids is 3. The molecule has 0 radical (unpaired) electrons. The van der Waals surface area contributed by atoms with Crippen molar-refractivity contribution < 1.29 is 19.1 Å². The highest BCUT2D eigenvalue weighted by Crippen LogP contribution is 2.21. The maximum Gasteiger partial charge on any atom is 0.289 e. The Morgan fingerprint density at radius 3 is 2.76 bits per heavy atom. The lowest BCUT2D eigenvalue weighted by atomic mass is 10.1. The van der Waals surface area contributed by atoms with Gasteiger partial charge in [0.25, 0.3) is 11.1 Å². The van der Waals surface area contributed by atoms with Crippen molar-refractivity contribution in [3.63, 3.8) is 0 Å². The predicted octanol–water partition coefficient (Wildman–Crippen LogP) is 1.27. The van der Waals surface area contributed by atoms with Gasteiger partial charge in [-0.25, -0.2) is 0 Å². The van der Waals surface area contributed by atoms with Gasteiger partial charge in [0.2, 0.25) is 5.91 Å². The smallest absolute Gasteiger partial charge is 0.289 e. The summed E-state index contributed by atoms with van der Waals surface area (Å²) in [7, 11) is 1.64. The van der Waals surface area contributed by atoms with Gasteiger partial charge >= 0.3 is 0 Å². The molecule has 2 rings (SSSR count). The molecule has 0 atom stereocenters. The SMILES string of the molecule is COCCNCCNC(=O)c1cccc(CN2C(=O)CSC2=O)c1.Cl. The fourth-order valence-corrected chi connectivity index (χ4v) is 2.92. The second-order valence-electron chi connectivity index (χ2n) is 5.23. The molecule has 1 saturated heterocycles. The van der Waals surface area contributed by atoms with E-state index in [2.05, 4.69) is 10.6 Å². The van der Waals surface area contributed by atoms with E-state index in [4.69, 9.17) is 4.74 Å². The molecule has 0 aromatic heterocycles. The van der Waals surface area contributed by atoms with Crippen LogP contribution in [0.3, 0.4) is 0 Å². The summed E-state index contributed by atoms with van der Waals surface area (Å²) < 4.78 is 4.92. The van der Waals surface area contributed by atoms with Crippen LogP contribution in [0.1, 0.15) is 15.9 Å². The van der Waals surface area contributed by atoms with E-state index in [1.165, 1.54) is 4.90 Å². The molecule has 0 unspecified atom stereocenters. The van der Waals surface area contributed by atoms with Crippen LogP contribution in [0.5, 0.6) is 0 Å². The van der Waals surface area contributed by atoms with Crippen LogP contribution in [0, 0.1) is 0 Å². The van der Waals surface area contributed by atoms with Gasteiger partial charge in [0.05, 0.1) is 18.9 Å². The van der Waals surface area contributed by atoms with Crippen LogP contribution in [0.25, 0.3) is 0 Å². The zero-order valence-corrected chi connectivity index (χ0v) is 15.6. The first kappa shape index (κ1) is 21.4. The lowest BCUT2D eigenvalue weighted by Gasteiger charge is -2.13. The van der Waals surface area contributed by atoms with Crippen molar-refractivity contribution in [3.05, 3.63) is 35.4 Å². The van der Waals surface area contributed by atoms with Crippen LogP contribution in [0.4, 0.5) is 4.79 Å². The molecule has 3 amide bonds. The summed E-state index contributed by atoms with van der Waals surface area (Å²) in [6.07, 6.45) is 0. The normalized spacial score (nSPS) is 13.7. The third-order valence-electron chi connectivity index (χ3n) is 3.44. The van der Waals surface area contributed by atoms with E-state index in [0.29, 0.717) is 25.3 Å². The van der Waals surface area contributed by atoms with Crippen molar-refractivity contribution in [1.82, 2.24) is 15.5 Å². The molecule has 1 aliphatic rings. The molecule has 1 aromatic carbocycles. The maximum atomic E-state index is 12.1. The number of nitrogens with one attached hydrogen (secondary N) is 2. The van der Waals surface area contributed by atoms with Gasteiger partial charge in [-0.05, 0) is 17.7 Å². The van der Waals surface area contributed by atoms with Crippen molar-refractivity contribution in [2.24, 2.45) is 0 Å². The zero-order valence-electron chi connectivity index (χ0n) is 13.9. The second kappa shape index (κ2) is 11.1. The first-order valence-corrected chi connectivity index (χ1v) is 8.64. The Kier molecular flexibility index (Phi) is 9.51. The average Bonchev–Trinajstić information content (AvgIpc) is 2.90. The fourth-order valence-electron chi connectivity index (χ4n) is 2.19. The quantitative estimate of drug-likeness (QED) is 0.620. The number of imide groups is 1. The number of hydrogen-bond acceptors (Lipinski definition) is 6. The maximum absolute atomic E-state index is 12.1. The van der Waals surface area contributed by atoms with Gasteiger partial charge in [0, 0.05) is 32.3 Å². The highest BCUT2D eigenvalue weighted by Gasteiger charge is 2.29. The fraction of sp³-hybridized carbons (Fsp3) is 0.438. The molecular formula is C16H22ClN3O4S. The summed E-state index contributed by atoms with van der Waals surface area (Å²) in [5, 5.41) is 5.72. The summed E-state index contributed by atoms with van der Waals surface area (Å²) in [4.78, 5) is 36.6. The summed E-state index contributed by atoms with van der Waals surface area (Å²) in [6.45, 7) is 2.72. The molecule has 0 saturated carbocycles. The number of halogens is 1. The molecule has 138 valence electrons. The van der Waals surface area contributed by atoms with E-state index >= 15 is 0 Å². The molecular weight excluding hydrogens is 366 g/mol. The van der Waals surface area contributed by atoms with Gasteiger partial charge in [-0.15, -0.1) is 12.4 Å². The van der Waals surface area contributed by atoms with Crippen LogP contribution in [0.2, 0.25) is 0 Å². The van der Waals surface area contributed by atoms with Gasteiger partial charge in [0.15, 0.2) is 0 Å². The van der Waals surface area contributed by atoms with E-state index < -0.39 is 0 Å². The zero-order chi connectivity index (χ0) is 17.4. The largest absolute Gasteiger partial charge is 0.383 e. The molecule has 0 bridgehead atoms. The first-order valence-electron chi connectivity index (χ1n) is 7.65. The average molecular weight is 388 g/mol. The number of nitrogens with zero attached hydrogens (tertiary/aromatic N) is 1. The summed E-state index contributed by atoms with van der Waals surface area (Å²) >= 11 is 1.00. The number of hydrogen-bond donors (Lipinski definition) is 2. The monoisotopic (exact) mass is 387 g/mol. The van der Waals surface area contributed by atoms with Crippen LogP contribution in [-0.2, 0) is 16.1 Å². The molecule has 1 fully saturated rings. The predicted molar refractivity (Wildman–Crippen MR) is 99.2 cm³/mol. The third-order valence-corrected chi connectivity index (χ3v) is 4.30. The number of amides is 3. The van der Waals surface area contributed by atoms with E-state index in [9.17, 15) is 14.4 Å². The number of ether oxygens (including phenoxy) is 1. The Morgan fingerprint density at radius 1 is 1.28 bits per heavy atom. The lowest BCUT2D eigenvalue weighted by Crippen LogP contribution is -2.33. The summed E-state index contributed by atoms with van der Waals surface area (Å²) in [5.41, 5.74) is 1.27.